The molecule has 2 aromatic carbocycles. The number of benzene rings is 2. The van der Waals surface area contributed by atoms with Crippen molar-refractivity contribution in [2.75, 3.05) is 0 Å². The van der Waals surface area contributed by atoms with Crippen LogP contribution in [0.4, 0.5) is 0 Å². The summed E-state index contributed by atoms with van der Waals surface area (Å²) in [6, 6.07) is 29.7. The Balaban J connectivity index is 1.18. The van der Waals surface area contributed by atoms with Crippen molar-refractivity contribution < 1.29 is 0 Å². The molecule has 38 heavy (non-hydrogen) atoms. The quantitative estimate of drug-likeness (QED) is 0.301. The van der Waals surface area contributed by atoms with Crippen molar-refractivity contribution in [1.82, 2.24) is 29.4 Å². The van der Waals surface area contributed by atoms with Crippen LogP contribution in [0.25, 0.3) is 61.7 Å². The standard InChI is InChI=1S/C32H22N6/c1-4-26-31-28(6-3-17-35-31)38(32(26)36-18-1)24-13-9-22(10-14-24)21-7-11-23(12-8-21)37-27-5-2-16-34-30(27)25-15-19-33-20-29(25)37/h1-19,33H,20H2. The first-order chi connectivity index (χ1) is 18.9. The van der Waals surface area contributed by atoms with Gasteiger partial charge in [-0.2, -0.15) is 0 Å². The van der Waals surface area contributed by atoms with Crippen LogP contribution in [0.3, 0.4) is 0 Å². The van der Waals surface area contributed by atoms with Gasteiger partial charge in [0.05, 0.1) is 34.3 Å². The van der Waals surface area contributed by atoms with E-state index in [1.54, 1.807) is 0 Å². The Labute approximate surface area is 218 Å². The third-order valence-electron chi connectivity index (χ3n) is 7.37. The highest BCUT2D eigenvalue weighted by Crippen LogP contribution is 2.33. The lowest BCUT2D eigenvalue weighted by Gasteiger charge is -2.15. The second kappa shape index (κ2) is 8.15. The van der Waals surface area contributed by atoms with Crippen LogP contribution in [-0.4, -0.2) is 24.1 Å². The van der Waals surface area contributed by atoms with Crippen LogP contribution in [0.15, 0.2) is 110 Å². The first-order valence-corrected chi connectivity index (χ1v) is 12.7. The van der Waals surface area contributed by atoms with Gasteiger partial charge >= 0.3 is 0 Å². The Morgan fingerprint density at radius 3 is 1.95 bits per heavy atom. The maximum absolute atomic E-state index is 4.67. The van der Waals surface area contributed by atoms with Gasteiger partial charge in [0.25, 0.3) is 0 Å². The second-order valence-corrected chi connectivity index (χ2v) is 9.46. The third-order valence-corrected chi connectivity index (χ3v) is 7.37. The lowest BCUT2D eigenvalue weighted by atomic mass is 10.0. The number of fused-ring (bicyclic) bond motifs is 6. The number of hydrogen-bond donors (Lipinski definition) is 1. The fourth-order valence-corrected chi connectivity index (χ4v) is 5.66. The highest BCUT2D eigenvalue weighted by atomic mass is 15.1. The molecular formula is C32H22N6. The fraction of sp³-hybridized carbons (Fsp3) is 0.0312. The molecule has 0 unspecified atom stereocenters. The SMILES string of the molecule is C1=Cc2c(n(-c3ccc(-c4ccc(-n5c6cccnc6c6cccnc65)cc4)cc3)c3cccnc23)CN1. The van der Waals surface area contributed by atoms with Crippen molar-refractivity contribution in [1.29, 1.82) is 0 Å². The van der Waals surface area contributed by atoms with E-state index in [2.05, 4.69) is 102 Å². The lowest BCUT2D eigenvalue weighted by molar-refractivity contribution is 0.803. The number of hydrogen-bond acceptors (Lipinski definition) is 4. The Morgan fingerprint density at radius 1 is 0.605 bits per heavy atom. The number of aromatic nitrogens is 5. The Bertz CT molecular complexity index is 1960. The molecule has 7 aromatic rings. The normalized spacial score (nSPS) is 12.7. The molecule has 0 radical (unpaired) electrons. The molecule has 0 spiro atoms. The Hall–Kier alpha value is -5.23. The highest BCUT2D eigenvalue weighted by Gasteiger charge is 2.19. The van der Waals surface area contributed by atoms with Crippen LogP contribution >= 0.6 is 0 Å². The summed E-state index contributed by atoms with van der Waals surface area (Å²) in [7, 11) is 0. The van der Waals surface area contributed by atoms with Gasteiger partial charge in [0.15, 0.2) is 0 Å². The van der Waals surface area contributed by atoms with Gasteiger partial charge in [-0.3, -0.25) is 14.5 Å². The van der Waals surface area contributed by atoms with Crippen molar-refractivity contribution in [2.24, 2.45) is 0 Å². The molecule has 180 valence electrons. The Kier molecular flexibility index (Phi) is 4.48. The van der Waals surface area contributed by atoms with Crippen LogP contribution in [0.2, 0.25) is 0 Å². The molecule has 6 nitrogen and oxygen atoms in total. The van der Waals surface area contributed by atoms with E-state index in [0.717, 1.165) is 56.6 Å². The molecule has 1 aliphatic heterocycles. The molecule has 0 aliphatic carbocycles. The summed E-state index contributed by atoms with van der Waals surface area (Å²) < 4.78 is 4.49. The van der Waals surface area contributed by atoms with Gasteiger partial charge in [0.2, 0.25) is 0 Å². The topological polar surface area (TPSA) is 60.6 Å². The number of pyridine rings is 3. The van der Waals surface area contributed by atoms with Crippen molar-refractivity contribution in [3.63, 3.8) is 0 Å². The van der Waals surface area contributed by atoms with Gasteiger partial charge in [-0.05, 0) is 84.1 Å². The van der Waals surface area contributed by atoms with Crippen molar-refractivity contribution in [2.45, 2.75) is 6.54 Å². The van der Waals surface area contributed by atoms with Gasteiger partial charge in [-0.15, -0.1) is 0 Å². The smallest absolute Gasteiger partial charge is 0.147 e. The highest BCUT2D eigenvalue weighted by molar-refractivity contribution is 6.05. The van der Waals surface area contributed by atoms with E-state index in [0.29, 0.717) is 0 Å². The van der Waals surface area contributed by atoms with Crippen molar-refractivity contribution in [3.8, 4) is 22.5 Å². The predicted octanol–water partition coefficient (Wildman–Crippen LogP) is 6.65. The summed E-state index contributed by atoms with van der Waals surface area (Å²) in [6.45, 7) is 0.776. The fourth-order valence-electron chi connectivity index (χ4n) is 5.66. The molecule has 1 N–H and O–H groups in total. The summed E-state index contributed by atoms with van der Waals surface area (Å²) in [5.41, 5.74) is 12.0. The average molecular weight is 491 g/mol. The van der Waals surface area contributed by atoms with E-state index >= 15 is 0 Å². The minimum absolute atomic E-state index is 0.776. The first kappa shape index (κ1) is 20.9. The van der Waals surface area contributed by atoms with Gasteiger partial charge < -0.3 is 9.88 Å². The second-order valence-electron chi connectivity index (χ2n) is 9.46. The molecule has 1 aliphatic rings. The molecule has 0 atom stereocenters. The largest absolute Gasteiger partial charge is 0.385 e. The monoisotopic (exact) mass is 490 g/mol. The van der Waals surface area contributed by atoms with Crippen molar-refractivity contribution in [3.05, 3.63) is 121 Å². The molecule has 6 heterocycles. The number of rotatable bonds is 3. The number of nitrogens with one attached hydrogen (secondary N) is 1. The minimum Gasteiger partial charge on any atom is -0.385 e. The van der Waals surface area contributed by atoms with Crippen LogP contribution in [0, 0.1) is 0 Å². The molecule has 8 rings (SSSR count). The van der Waals surface area contributed by atoms with E-state index in [-0.39, 0.29) is 0 Å². The van der Waals surface area contributed by atoms with Crippen LogP contribution in [0.1, 0.15) is 11.3 Å². The molecule has 0 saturated heterocycles. The van der Waals surface area contributed by atoms with E-state index in [1.807, 2.05) is 43.0 Å². The van der Waals surface area contributed by atoms with Gasteiger partial charge in [-0.1, -0.05) is 24.3 Å². The van der Waals surface area contributed by atoms with Gasteiger partial charge in [0.1, 0.15) is 5.65 Å². The van der Waals surface area contributed by atoms with E-state index in [4.69, 9.17) is 0 Å². The predicted molar refractivity (Wildman–Crippen MR) is 152 cm³/mol. The zero-order chi connectivity index (χ0) is 25.1. The molecule has 5 aromatic heterocycles. The summed E-state index contributed by atoms with van der Waals surface area (Å²) >= 11 is 0. The average Bonchev–Trinajstić information content (AvgIpc) is 3.51. The molecular weight excluding hydrogens is 468 g/mol. The first-order valence-electron chi connectivity index (χ1n) is 12.7. The lowest BCUT2D eigenvalue weighted by Crippen LogP contribution is -2.13. The summed E-state index contributed by atoms with van der Waals surface area (Å²) in [5, 5.41) is 4.41. The summed E-state index contributed by atoms with van der Waals surface area (Å²) in [4.78, 5) is 14.0. The zero-order valence-corrected chi connectivity index (χ0v) is 20.4. The van der Waals surface area contributed by atoms with E-state index < -0.39 is 0 Å². The molecule has 0 fully saturated rings. The van der Waals surface area contributed by atoms with Crippen LogP contribution in [-0.2, 0) is 6.54 Å². The van der Waals surface area contributed by atoms with Crippen LogP contribution in [0.5, 0.6) is 0 Å². The van der Waals surface area contributed by atoms with E-state index in [9.17, 15) is 0 Å². The van der Waals surface area contributed by atoms with Gasteiger partial charge in [-0.25, -0.2) is 4.98 Å². The molecule has 0 saturated carbocycles. The maximum Gasteiger partial charge on any atom is 0.147 e. The molecule has 0 bridgehead atoms. The minimum atomic E-state index is 0.776. The van der Waals surface area contributed by atoms with E-state index in [1.165, 1.54) is 16.8 Å². The molecule has 6 heteroatoms. The summed E-state index contributed by atoms with van der Waals surface area (Å²) in [6.07, 6.45) is 9.65. The maximum atomic E-state index is 4.67. The molecule has 0 amide bonds. The van der Waals surface area contributed by atoms with Gasteiger partial charge in [0, 0.05) is 40.9 Å². The number of nitrogens with zero attached hydrogens (tertiary/aromatic N) is 5. The third kappa shape index (κ3) is 3.04. The van der Waals surface area contributed by atoms with Crippen molar-refractivity contribution >= 4 is 39.2 Å². The Morgan fingerprint density at radius 2 is 1.21 bits per heavy atom. The summed E-state index contributed by atoms with van der Waals surface area (Å²) in [5.74, 6) is 0. The zero-order valence-electron chi connectivity index (χ0n) is 20.4. The van der Waals surface area contributed by atoms with Crippen LogP contribution < -0.4 is 5.32 Å².